The molecule has 3 rings (SSSR count). The van der Waals surface area contributed by atoms with Crippen LogP contribution in [0.5, 0.6) is 11.5 Å². The Morgan fingerprint density at radius 1 is 1.10 bits per heavy atom. The van der Waals surface area contributed by atoms with Gasteiger partial charge in [0.15, 0.2) is 0 Å². The van der Waals surface area contributed by atoms with Crippen LogP contribution in [-0.4, -0.2) is 53.1 Å². The minimum atomic E-state index is -3.94. The van der Waals surface area contributed by atoms with Crippen LogP contribution in [0.25, 0.3) is 0 Å². The topological polar surface area (TPSA) is 111 Å². The third kappa shape index (κ3) is 4.92. The van der Waals surface area contributed by atoms with Crippen LogP contribution in [0.15, 0.2) is 47.4 Å². The third-order valence-corrected chi connectivity index (χ3v) is 6.19. The number of para-hydroxylation sites is 1. The zero-order chi connectivity index (χ0) is 21.7. The molecule has 1 atom stereocenters. The van der Waals surface area contributed by atoms with Crippen LogP contribution in [0.4, 0.5) is 0 Å². The summed E-state index contributed by atoms with van der Waals surface area (Å²) in [6, 6.07) is 11.7. The van der Waals surface area contributed by atoms with Crippen molar-refractivity contribution in [1.29, 1.82) is 0 Å². The quantitative estimate of drug-likeness (QED) is 0.658. The van der Waals surface area contributed by atoms with E-state index in [9.17, 15) is 13.2 Å². The number of amides is 1. The first-order chi connectivity index (χ1) is 14.3. The Kier molecular flexibility index (Phi) is 6.96. The summed E-state index contributed by atoms with van der Waals surface area (Å²) in [6.07, 6.45) is 2.20. The number of nitrogens with one attached hydrogen (secondary N) is 1. The number of nitrogens with zero attached hydrogens (tertiary/aromatic N) is 1. The number of benzene rings is 2. The van der Waals surface area contributed by atoms with E-state index in [-0.39, 0.29) is 22.3 Å². The van der Waals surface area contributed by atoms with Gasteiger partial charge in [-0.15, -0.1) is 0 Å². The Morgan fingerprint density at radius 2 is 1.77 bits per heavy atom. The average molecular weight is 434 g/mol. The molecule has 8 nitrogen and oxygen atoms in total. The van der Waals surface area contributed by atoms with E-state index in [1.807, 2.05) is 24.3 Å². The maximum absolute atomic E-state index is 12.9. The van der Waals surface area contributed by atoms with Crippen LogP contribution >= 0.6 is 0 Å². The van der Waals surface area contributed by atoms with Crippen molar-refractivity contribution in [3.63, 3.8) is 0 Å². The second-order valence-corrected chi connectivity index (χ2v) is 8.68. The van der Waals surface area contributed by atoms with Crippen LogP contribution < -0.4 is 19.9 Å². The van der Waals surface area contributed by atoms with Gasteiger partial charge in [0.2, 0.25) is 10.0 Å². The maximum Gasteiger partial charge on any atom is 0.255 e. The molecular weight excluding hydrogens is 406 g/mol. The lowest BCUT2D eigenvalue weighted by Crippen LogP contribution is -2.37. The number of sulfonamides is 1. The summed E-state index contributed by atoms with van der Waals surface area (Å²) in [5.74, 6) is 0.601. The molecule has 3 N–H and O–H groups in total. The second-order valence-electron chi connectivity index (χ2n) is 7.12. The van der Waals surface area contributed by atoms with Gasteiger partial charge in [-0.25, -0.2) is 13.6 Å². The number of carbonyl (C=O) groups excluding carboxylic acids is 1. The van der Waals surface area contributed by atoms with Crippen LogP contribution in [0, 0.1) is 0 Å². The summed E-state index contributed by atoms with van der Waals surface area (Å²) in [7, 11) is -0.892. The summed E-state index contributed by atoms with van der Waals surface area (Å²) < 4.78 is 34.1. The van der Waals surface area contributed by atoms with Crippen molar-refractivity contribution in [2.24, 2.45) is 5.14 Å². The minimum absolute atomic E-state index is 0.0694. The summed E-state index contributed by atoms with van der Waals surface area (Å²) in [5, 5.41) is 8.14. The van der Waals surface area contributed by atoms with Gasteiger partial charge >= 0.3 is 0 Å². The monoisotopic (exact) mass is 433 g/mol. The number of nitrogens with two attached hydrogens (primary N) is 1. The van der Waals surface area contributed by atoms with Gasteiger partial charge in [-0.05, 0) is 50.2 Å². The number of hydrogen-bond acceptors (Lipinski definition) is 6. The zero-order valence-electron chi connectivity index (χ0n) is 17.1. The van der Waals surface area contributed by atoms with Gasteiger partial charge in [0.25, 0.3) is 5.91 Å². The first kappa shape index (κ1) is 22.1. The molecule has 1 amide bonds. The van der Waals surface area contributed by atoms with E-state index in [0.29, 0.717) is 6.54 Å². The van der Waals surface area contributed by atoms with Crippen molar-refractivity contribution in [3.8, 4) is 11.5 Å². The van der Waals surface area contributed by atoms with Crippen molar-refractivity contribution >= 4 is 15.9 Å². The Balaban J connectivity index is 1.86. The van der Waals surface area contributed by atoms with Gasteiger partial charge in [-0.2, -0.15) is 0 Å². The van der Waals surface area contributed by atoms with E-state index in [0.717, 1.165) is 37.2 Å². The Bertz CT molecular complexity index is 1000. The molecule has 1 saturated heterocycles. The van der Waals surface area contributed by atoms with Gasteiger partial charge in [-0.3, -0.25) is 9.69 Å². The number of hydrogen-bond donors (Lipinski definition) is 2. The van der Waals surface area contributed by atoms with Crippen LogP contribution in [0.1, 0.15) is 34.8 Å². The highest BCUT2D eigenvalue weighted by Crippen LogP contribution is 2.31. The molecule has 1 aliphatic rings. The average Bonchev–Trinajstić information content (AvgIpc) is 3.27. The maximum atomic E-state index is 12.9. The Morgan fingerprint density at radius 3 is 2.40 bits per heavy atom. The van der Waals surface area contributed by atoms with E-state index < -0.39 is 15.9 Å². The zero-order valence-corrected chi connectivity index (χ0v) is 17.9. The van der Waals surface area contributed by atoms with Crippen LogP contribution in [0.2, 0.25) is 0 Å². The van der Waals surface area contributed by atoms with Gasteiger partial charge in [0.1, 0.15) is 11.5 Å². The number of primary sulfonamides is 1. The van der Waals surface area contributed by atoms with Crippen LogP contribution in [0.3, 0.4) is 0 Å². The highest BCUT2D eigenvalue weighted by Gasteiger charge is 2.27. The van der Waals surface area contributed by atoms with Crippen molar-refractivity contribution < 1.29 is 22.7 Å². The first-order valence-electron chi connectivity index (χ1n) is 9.71. The van der Waals surface area contributed by atoms with Gasteiger partial charge in [-0.1, -0.05) is 18.2 Å². The summed E-state index contributed by atoms with van der Waals surface area (Å²) in [5.41, 5.74) is 1.11. The molecule has 1 aliphatic heterocycles. The second kappa shape index (κ2) is 9.46. The molecular formula is C21H27N3O5S. The molecule has 2 aromatic rings. The lowest BCUT2D eigenvalue weighted by atomic mass is 10.0. The molecule has 1 fully saturated rings. The third-order valence-electron chi connectivity index (χ3n) is 5.28. The predicted octanol–water partition coefficient (Wildman–Crippen LogP) is 1.92. The van der Waals surface area contributed by atoms with Gasteiger partial charge in [0, 0.05) is 12.1 Å². The molecule has 9 heteroatoms. The first-order valence-corrected chi connectivity index (χ1v) is 11.3. The molecule has 30 heavy (non-hydrogen) atoms. The van der Waals surface area contributed by atoms with Gasteiger partial charge in [0.05, 0.1) is 30.7 Å². The standard InChI is InChI=1S/C21H27N3O5S/c1-28-19-8-4-3-7-16(19)18(24-11-5-6-12-24)14-23-21(25)17-13-15(30(22,26)27)9-10-20(17)29-2/h3-4,7-10,13,18H,5-6,11-12,14H2,1-2H3,(H,23,25)(H2,22,26,27)/t18-/m0/s1. The fourth-order valence-corrected chi connectivity index (χ4v) is 4.30. The molecule has 0 spiro atoms. The minimum Gasteiger partial charge on any atom is -0.496 e. The number of likely N-dealkylation sites (tertiary alicyclic amines) is 1. The SMILES string of the molecule is COc1ccc(S(N)(=O)=O)cc1C(=O)NC[C@@H](c1ccccc1OC)N1CCCC1. The fourth-order valence-electron chi connectivity index (χ4n) is 3.76. The smallest absolute Gasteiger partial charge is 0.255 e. The summed E-state index contributed by atoms with van der Waals surface area (Å²) in [6.45, 7) is 2.20. The number of ether oxygens (including phenoxy) is 2. The van der Waals surface area contributed by atoms with Crippen molar-refractivity contribution in [2.45, 2.75) is 23.8 Å². The normalized spacial score (nSPS) is 15.6. The molecule has 0 unspecified atom stereocenters. The highest BCUT2D eigenvalue weighted by molar-refractivity contribution is 7.89. The molecule has 2 aromatic carbocycles. The molecule has 0 saturated carbocycles. The van der Waals surface area contributed by atoms with Crippen molar-refractivity contribution in [2.75, 3.05) is 33.9 Å². The van der Waals surface area contributed by atoms with Crippen molar-refractivity contribution in [1.82, 2.24) is 10.2 Å². The molecule has 162 valence electrons. The molecule has 0 bridgehead atoms. The van der Waals surface area contributed by atoms with E-state index in [2.05, 4.69) is 10.2 Å². The van der Waals surface area contributed by atoms with E-state index in [4.69, 9.17) is 14.6 Å². The number of methoxy groups -OCH3 is 2. The Hall–Kier alpha value is -2.62. The van der Waals surface area contributed by atoms with Crippen LogP contribution in [-0.2, 0) is 10.0 Å². The van der Waals surface area contributed by atoms with E-state index in [1.165, 1.54) is 25.3 Å². The molecule has 0 aliphatic carbocycles. The highest BCUT2D eigenvalue weighted by atomic mass is 32.2. The summed E-state index contributed by atoms with van der Waals surface area (Å²) >= 11 is 0. The number of rotatable bonds is 8. The lowest BCUT2D eigenvalue weighted by Gasteiger charge is -2.29. The van der Waals surface area contributed by atoms with Gasteiger partial charge < -0.3 is 14.8 Å². The van der Waals surface area contributed by atoms with E-state index in [1.54, 1.807) is 7.11 Å². The lowest BCUT2D eigenvalue weighted by molar-refractivity contribution is 0.0934. The molecule has 1 heterocycles. The number of carbonyl (C=O) groups is 1. The summed E-state index contributed by atoms with van der Waals surface area (Å²) in [4.78, 5) is 15.1. The largest absolute Gasteiger partial charge is 0.496 e. The van der Waals surface area contributed by atoms with E-state index >= 15 is 0 Å². The fraction of sp³-hybridized carbons (Fsp3) is 0.381. The molecule has 0 radical (unpaired) electrons. The predicted molar refractivity (Wildman–Crippen MR) is 113 cm³/mol. The molecule has 0 aromatic heterocycles. The van der Waals surface area contributed by atoms with Crippen molar-refractivity contribution in [3.05, 3.63) is 53.6 Å². The Labute approximate surface area is 177 Å².